The quantitative estimate of drug-likeness (QED) is 0.327. The second kappa shape index (κ2) is 7.73. The fourth-order valence-electron chi connectivity index (χ4n) is 3.70. The smallest absolute Gasteiger partial charge is 0.212 e. The highest BCUT2D eigenvalue weighted by atomic mass is 32.1. The van der Waals surface area contributed by atoms with Gasteiger partial charge in [0.1, 0.15) is 4.64 Å². The van der Waals surface area contributed by atoms with Crippen LogP contribution in [0.1, 0.15) is 12.5 Å². The van der Waals surface area contributed by atoms with Crippen LogP contribution in [0.4, 0.5) is 0 Å². The number of hydrogen-bond acceptors (Lipinski definition) is 2. The highest BCUT2D eigenvalue weighted by Gasteiger charge is 2.09. The molecular formula is C26H21N3S. The van der Waals surface area contributed by atoms with Crippen LogP contribution in [0.25, 0.3) is 39.3 Å². The molecule has 0 bridgehead atoms. The lowest BCUT2D eigenvalue weighted by molar-refractivity contribution is 1.09. The summed E-state index contributed by atoms with van der Waals surface area (Å²) in [6.07, 6.45) is 4.92. The van der Waals surface area contributed by atoms with Gasteiger partial charge in [-0.1, -0.05) is 98.0 Å². The minimum Gasteiger partial charge on any atom is -0.323 e. The highest BCUT2D eigenvalue weighted by Crippen LogP contribution is 2.26. The fraction of sp³-hybridized carbons (Fsp3) is 0.0769. The predicted octanol–water partition coefficient (Wildman–Crippen LogP) is 6.96. The van der Waals surface area contributed by atoms with Gasteiger partial charge in [0.2, 0.25) is 5.78 Å². The van der Waals surface area contributed by atoms with Crippen LogP contribution in [0.15, 0.2) is 91.3 Å². The first-order valence-corrected chi connectivity index (χ1v) is 10.5. The SMILES string of the molecule is CCc1ccc(-c2cnc3[nH]c(-c4ccc(-c5ccccc5)cc4)cn3c2=S)cc1. The molecule has 0 saturated heterocycles. The Morgan fingerprint density at radius 1 is 0.800 bits per heavy atom. The average molecular weight is 408 g/mol. The van der Waals surface area contributed by atoms with E-state index in [2.05, 4.69) is 89.7 Å². The number of H-pyrrole nitrogens is 1. The number of aryl methyl sites for hydroxylation is 1. The van der Waals surface area contributed by atoms with E-state index >= 15 is 0 Å². The van der Waals surface area contributed by atoms with E-state index in [-0.39, 0.29) is 0 Å². The summed E-state index contributed by atoms with van der Waals surface area (Å²) in [7, 11) is 0. The summed E-state index contributed by atoms with van der Waals surface area (Å²) in [6, 6.07) is 27.5. The van der Waals surface area contributed by atoms with Gasteiger partial charge >= 0.3 is 0 Å². The van der Waals surface area contributed by atoms with E-state index in [9.17, 15) is 0 Å². The highest BCUT2D eigenvalue weighted by molar-refractivity contribution is 7.71. The van der Waals surface area contributed by atoms with Crippen molar-refractivity contribution in [3.63, 3.8) is 0 Å². The Bertz CT molecular complexity index is 1360. The van der Waals surface area contributed by atoms with Gasteiger partial charge in [0.25, 0.3) is 0 Å². The molecule has 0 fully saturated rings. The van der Waals surface area contributed by atoms with Gasteiger partial charge in [0.15, 0.2) is 0 Å². The number of imidazole rings is 1. The van der Waals surface area contributed by atoms with Crippen molar-refractivity contribution in [2.75, 3.05) is 0 Å². The molecule has 0 unspecified atom stereocenters. The third-order valence-electron chi connectivity index (χ3n) is 5.47. The van der Waals surface area contributed by atoms with Crippen LogP contribution in [0.5, 0.6) is 0 Å². The topological polar surface area (TPSA) is 33.1 Å². The molecule has 4 heteroatoms. The number of aromatic nitrogens is 3. The van der Waals surface area contributed by atoms with E-state index < -0.39 is 0 Å². The van der Waals surface area contributed by atoms with Crippen LogP contribution < -0.4 is 0 Å². The van der Waals surface area contributed by atoms with Gasteiger partial charge in [0, 0.05) is 18.0 Å². The second-order valence-corrected chi connectivity index (χ2v) is 7.72. The Morgan fingerprint density at radius 2 is 1.43 bits per heavy atom. The van der Waals surface area contributed by atoms with Crippen LogP contribution in [0, 0.1) is 4.64 Å². The number of benzene rings is 3. The van der Waals surface area contributed by atoms with Crippen molar-refractivity contribution in [3.8, 4) is 33.5 Å². The summed E-state index contributed by atoms with van der Waals surface area (Å²) in [5.74, 6) is 0.746. The molecule has 5 rings (SSSR count). The number of aromatic amines is 1. The third kappa shape index (κ3) is 3.36. The third-order valence-corrected chi connectivity index (χ3v) is 5.89. The van der Waals surface area contributed by atoms with Crippen LogP contribution in [0.3, 0.4) is 0 Å². The number of fused-ring (bicyclic) bond motifs is 1. The summed E-state index contributed by atoms with van der Waals surface area (Å²) in [4.78, 5) is 8.01. The van der Waals surface area contributed by atoms with E-state index in [1.165, 1.54) is 16.7 Å². The molecule has 0 aliphatic heterocycles. The van der Waals surface area contributed by atoms with Crippen LogP contribution in [0.2, 0.25) is 0 Å². The second-order valence-electron chi connectivity index (χ2n) is 7.33. The van der Waals surface area contributed by atoms with Crippen molar-refractivity contribution in [2.24, 2.45) is 0 Å². The first kappa shape index (κ1) is 18.5. The zero-order valence-corrected chi connectivity index (χ0v) is 17.5. The zero-order valence-electron chi connectivity index (χ0n) is 16.7. The molecule has 0 radical (unpaired) electrons. The van der Waals surface area contributed by atoms with E-state index in [4.69, 9.17) is 12.2 Å². The molecule has 3 aromatic carbocycles. The van der Waals surface area contributed by atoms with E-state index in [0.29, 0.717) is 0 Å². The minimum atomic E-state index is 0.746. The van der Waals surface area contributed by atoms with Gasteiger partial charge in [-0.05, 0) is 34.2 Å². The first-order valence-electron chi connectivity index (χ1n) is 10.1. The maximum absolute atomic E-state index is 5.79. The van der Waals surface area contributed by atoms with Crippen LogP contribution in [-0.4, -0.2) is 14.4 Å². The number of nitrogens with one attached hydrogen (secondary N) is 1. The molecule has 0 aliphatic carbocycles. The van der Waals surface area contributed by atoms with Crippen LogP contribution in [-0.2, 0) is 6.42 Å². The van der Waals surface area contributed by atoms with E-state index in [1.54, 1.807) is 0 Å². The molecule has 30 heavy (non-hydrogen) atoms. The lowest BCUT2D eigenvalue weighted by atomic mass is 10.0. The summed E-state index contributed by atoms with van der Waals surface area (Å²) in [6.45, 7) is 2.16. The maximum Gasteiger partial charge on any atom is 0.212 e. The molecule has 0 atom stereocenters. The number of rotatable bonds is 4. The first-order chi connectivity index (χ1) is 14.7. The maximum atomic E-state index is 5.79. The van der Waals surface area contributed by atoms with Crippen molar-refractivity contribution >= 4 is 18.0 Å². The zero-order chi connectivity index (χ0) is 20.5. The number of nitrogens with zero attached hydrogens (tertiary/aromatic N) is 2. The minimum absolute atomic E-state index is 0.746. The predicted molar refractivity (Wildman–Crippen MR) is 126 cm³/mol. The molecule has 2 heterocycles. The molecule has 3 nitrogen and oxygen atoms in total. The molecule has 146 valence electrons. The molecule has 0 spiro atoms. The summed E-state index contributed by atoms with van der Waals surface area (Å²) >= 11 is 5.79. The molecule has 1 N–H and O–H groups in total. The Balaban J connectivity index is 1.52. The van der Waals surface area contributed by atoms with Gasteiger partial charge < -0.3 is 4.98 Å². The van der Waals surface area contributed by atoms with Gasteiger partial charge in [-0.2, -0.15) is 0 Å². The van der Waals surface area contributed by atoms with Crippen LogP contribution >= 0.6 is 12.2 Å². The Labute approximate surface area is 180 Å². The van der Waals surface area contributed by atoms with Crippen molar-refractivity contribution in [2.45, 2.75) is 13.3 Å². The van der Waals surface area contributed by atoms with Gasteiger partial charge in [-0.15, -0.1) is 0 Å². The van der Waals surface area contributed by atoms with Crippen molar-refractivity contribution in [1.82, 2.24) is 14.4 Å². The lowest BCUT2D eigenvalue weighted by Gasteiger charge is -2.04. The standard InChI is InChI=1S/C26H21N3S/c1-2-18-8-10-21(11-9-18)23-16-27-26-28-24(17-29(26)25(23)30)22-14-12-20(13-15-22)19-6-4-3-5-7-19/h3-17H,2H2,1H3,(H,27,28). The number of hydrogen-bond donors (Lipinski definition) is 1. The monoisotopic (exact) mass is 407 g/mol. The average Bonchev–Trinajstić information content (AvgIpc) is 3.26. The Hall–Kier alpha value is -3.50. The molecule has 0 aliphatic rings. The summed E-state index contributed by atoms with van der Waals surface area (Å²) < 4.78 is 2.71. The summed E-state index contributed by atoms with van der Waals surface area (Å²) in [5, 5.41) is 0. The Morgan fingerprint density at radius 3 is 2.13 bits per heavy atom. The molecule has 0 saturated carbocycles. The Kier molecular flexibility index (Phi) is 4.77. The van der Waals surface area contributed by atoms with E-state index in [1.807, 2.05) is 22.9 Å². The molecular weight excluding hydrogens is 386 g/mol. The fourth-order valence-corrected chi connectivity index (χ4v) is 4.01. The summed E-state index contributed by atoms with van der Waals surface area (Å²) in [5.41, 5.74) is 7.87. The molecule has 5 aromatic rings. The van der Waals surface area contributed by atoms with Gasteiger partial charge in [-0.3, -0.25) is 4.40 Å². The molecule has 0 amide bonds. The van der Waals surface area contributed by atoms with Gasteiger partial charge in [-0.25, -0.2) is 4.98 Å². The lowest BCUT2D eigenvalue weighted by Crippen LogP contribution is -1.92. The van der Waals surface area contributed by atoms with Crippen molar-refractivity contribution in [3.05, 3.63) is 101 Å². The molecule has 2 aromatic heterocycles. The van der Waals surface area contributed by atoms with E-state index in [0.717, 1.165) is 39.2 Å². The van der Waals surface area contributed by atoms with Crippen molar-refractivity contribution < 1.29 is 0 Å². The normalized spacial score (nSPS) is 11.1. The largest absolute Gasteiger partial charge is 0.323 e. The van der Waals surface area contributed by atoms with Gasteiger partial charge in [0.05, 0.1) is 5.69 Å². The van der Waals surface area contributed by atoms with Crippen molar-refractivity contribution in [1.29, 1.82) is 0 Å².